The molecule has 104 valence electrons. The third-order valence-electron chi connectivity index (χ3n) is 3.22. The summed E-state index contributed by atoms with van der Waals surface area (Å²) in [4.78, 5) is 8.74. The van der Waals surface area contributed by atoms with Crippen molar-refractivity contribution in [2.24, 2.45) is 0 Å². The SMILES string of the molecule is Cc1cc(Cl)c(Nc2cc(N)nc(C3CC3)n2)cc1Cl. The Balaban J connectivity index is 1.92. The molecule has 0 bridgehead atoms. The summed E-state index contributed by atoms with van der Waals surface area (Å²) in [6.45, 7) is 1.91. The Labute approximate surface area is 127 Å². The molecule has 0 saturated heterocycles. The first-order valence-electron chi connectivity index (χ1n) is 6.40. The van der Waals surface area contributed by atoms with Crippen LogP contribution in [-0.4, -0.2) is 9.97 Å². The number of nitrogen functional groups attached to an aromatic ring is 1. The van der Waals surface area contributed by atoms with Gasteiger partial charge in [0.1, 0.15) is 17.5 Å². The molecule has 2 aromatic rings. The second-order valence-corrected chi connectivity index (χ2v) is 5.83. The van der Waals surface area contributed by atoms with Crippen LogP contribution in [0.2, 0.25) is 10.0 Å². The molecule has 1 aliphatic carbocycles. The molecular formula is C14H14Cl2N4. The highest BCUT2D eigenvalue weighted by molar-refractivity contribution is 6.35. The summed E-state index contributed by atoms with van der Waals surface area (Å²) in [5.74, 6) is 2.33. The van der Waals surface area contributed by atoms with Crippen molar-refractivity contribution in [1.29, 1.82) is 0 Å². The van der Waals surface area contributed by atoms with E-state index in [1.165, 1.54) is 0 Å². The number of nitrogens with zero attached hydrogens (tertiary/aromatic N) is 2. The van der Waals surface area contributed by atoms with Gasteiger partial charge in [-0.05, 0) is 37.5 Å². The maximum absolute atomic E-state index is 6.21. The number of aromatic nitrogens is 2. The Kier molecular flexibility index (Phi) is 3.44. The third-order valence-corrected chi connectivity index (χ3v) is 3.94. The van der Waals surface area contributed by atoms with Crippen molar-refractivity contribution in [1.82, 2.24) is 9.97 Å². The van der Waals surface area contributed by atoms with Crippen LogP contribution < -0.4 is 11.1 Å². The van der Waals surface area contributed by atoms with E-state index in [4.69, 9.17) is 28.9 Å². The van der Waals surface area contributed by atoms with Gasteiger partial charge in [0, 0.05) is 17.0 Å². The summed E-state index contributed by atoms with van der Waals surface area (Å²) in [6.07, 6.45) is 2.25. The third kappa shape index (κ3) is 2.81. The lowest BCUT2D eigenvalue weighted by atomic mass is 10.2. The normalized spacial score (nSPS) is 14.3. The molecule has 1 aromatic heterocycles. The van der Waals surface area contributed by atoms with E-state index in [-0.39, 0.29) is 0 Å². The number of nitrogens with two attached hydrogens (primary N) is 1. The van der Waals surface area contributed by atoms with Gasteiger partial charge in [-0.2, -0.15) is 0 Å². The number of halogens is 2. The van der Waals surface area contributed by atoms with Crippen LogP contribution in [0.3, 0.4) is 0 Å². The van der Waals surface area contributed by atoms with E-state index in [1.807, 2.05) is 13.0 Å². The molecule has 6 heteroatoms. The molecule has 0 spiro atoms. The van der Waals surface area contributed by atoms with Crippen LogP contribution in [0.25, 0.3) is 0 Å². The Hall–Kier alpha value is -1.52. The van der Waals surface area contributed by atoms with Crippen molar-refractivity contribution in [3.63, 3.8) is 0 Å². The Bertz CT molecular complexity index is 668. The van der Waals surface area contributed by atoms with E-state index in [0.29, 0.717) is 33.3 Å². The standard InChI is InChI=1S/C14H14Cl2N4/c1-7-4-10(16)11(5-9(7)15)18-13-6-12(17)19-14(20-13)8-2-3-8/h4-6,8H,2-3H2,1H3,(H3,17,18,19,20). The molecule has 1 heterocycles. The molecule has 0 atom stereocenters. The highest BCUT2D eigenvalue weighted by atomic mass is 35.5. The molecule has 0 aliphatic heterocycles. The summed E-state index contributed by atoms with van der Waals surface area (Å²) >= 11 is 12.3. The molecular weight excluding hydrogens is 295 g/mol. The summed E-state index contributed by atoms with van der Waals surface area (Å²) in [5.41, 5.74) is 7.46. The molecule has 3 N–H and O–H groups in total. The fourth-order valence-electron chi connectivity index (χ4n) is 1.95. The fraction of sp³-hybridized carbons (Fsp3) is 0.286. The van der Waals surface area contributed by atoms with Crippen molar-refractivity contribution >= 4 is 40.5 Å². The Morgan fingerprint density at radius 3 is 2.60 bits per heavy atom. The van der Waals surface area contributed by atoms with Gasteiger partial charge in [-0.15, -0.1) is 0 Å². The predicted octanol–water partition coefficient (Wildman–Crippen LogP) is 4.30. The molecule has 0 unspecified atom stereocenters. The topological polar surface area (TPSA) is 63.8 Å². The Morgan fingerprint density at radius 2 is 1.90 bits per heavy atom. The highest BCUT2D eigenvalue weighted by Gasteiger charge is 2.27. The zero-order valence-corrected chi connectivity index (χ0v) is 12.5. The first-order chi connectivity index (χ1) is 9.52. The van der Waals surface area contributed by atoms with Crippen LogP contribution in [0.4, 0.5) is 17.3 Å². The highest BCUT2D eigenvalue weighted by Crippen LogP contribution is 2.39. The molecule has 0 amide bonds. The number of anilines is 3. The van der Waals surface area contributed by atoms with Crippen LogP contribution in [0.15, 0.2) is 18.2 Å². The van der Waals surface area contributed by atoms with Gasteiger partial charge < -0.3 is 11.1 Å². The number of nitrogens with one attached hydrogen (secondary N) is 1. The summed E-state index contributed by atoms with van der Waals surface area (Å²) < 4.78 is 0. The quantitative estimate of drug-likeness (QED) is 0.887. The molecule has 1 saturated carbocycles. The summed E-state index contributed by atoms with van der Waals surface area (Å²) in [6, 6.07) is 5.29. The largest absolute Gasteiger partial charge is 0.384 e. The maximum Gasteiger partial charge on any atom is 0.136 e. The number of benzene rings is 1. The average molecular weight is 309 g/mol. The van der Waals surface area contributed by atoms with Gasteiger partial charge in [-0.1, -0.05) is 23.2 Å². The zero-order valence-electron chi connectivity index (χ0n) is 11.0. The van der Waals surface area contributed by atoms with Crippen molar-refractivity contribution < 1.29 is 0 Å². The maximum atomic E-state index is 6.21. The van der Waals surface area contributed by atoms with Crippen molar-refractivity contribution in [2.75, 3.05) is 11.1 Å². The van der Waals surface area contributed by atoms with Gasteiger partial charge in [0.2, 0.25) is 0 Å². The smallest absolute Gasteiger partial charge is 0.136 e. The van der Waals surface area contributed by atoms with Crippen LogP contribution in [0.1, 0.15) is 30.1 Å². The zero-order chi connectivity index (χ0) is 14.3. The molecule has 1 fully saturated rings. The lowest BCUT2D eigenvalue weighted by Crippen LogP contribution is -2.03. The molecule has 1 aromatic carbocycles. The van der Waals surface area contributed by atoms with Crippen LogP contribution >= 0.6 is 23.2 Å². The number of rotatable bonds is 3. The van der Waals surface area contributed by atoms with E-state index in [0.717, 1.165) is 24.2 Å². The van der Waals surface area contributed by atoms with Gasteiger partial charge >= 0.3 is 0 Å². The van der Waals surface area contributed by atoms with E-state index in [2.05, 4.69) is 15.3 Å². The second-order valence-electron chi connectivity index (χ2n) is 5.02. The molecule has 3 rings (SSSR count). The van der Waals surface area contributed by atoms with Crippen LogP contribution in [0.5, 0.6) is 0 Å². The molecule has 0 radical (unpaired) electrons. The summed E-state index contributed by atoms with van der Waals surface area (Å²) in [7, 11) is 0. The first kappa shape index (κ1) is 13.5. The van der Waals surface area contributed by atoms with E-state index >= 15 is 0 Å². The van der Waals surface area contributed by atoms with Crippen LogP contribution in [0, 0.1) is 6.92 Å². The minimum absolute atomic E-state index is 0.441. The van der Waals surface area contributed by atoms with Crippen LogP contribution in [-0.2, 0) is 0 Å². The number of aryl methyl sites for hydroxylation is 1. The minimum Gasteiger partial charge on any atom is -0.384 e. The molecule has 20 heavy (non-hydrogen) atoms. The van der Waals surface area contributed by atoms with E-state index in [1.54, 1.807) is 12.1 Å². The van der Waals surface area contributed by atoms with E-state index < -0.39 is 0 Å². The van der Waals surface area contributed by atoms with Crippen molar-refractivity contribution in [3.05, 3.63) is 39.6 Å². The molecule has 1 aliphatic rings. The Morgan fingerprint density at radius 1 is 1.15 bits per heavy atom. The predicted molar refractivity (Wildman–Crippen MR) is 82.9 cm³/mol. The van der Waals surface area contributed by atoms with Crippen molar-refractivity contribution in [3.8, 4) is 0 Å². The number of hydrogen-bond acceptors (Lipinski definition) is 4. The second kappa shape index (κ2) is 5.11. The number of hydrogen-bond donors (Lipinski definition) is 2. The minimum atomic E-state index is 0.441. The van der Waals surface area contributed by atoms with Gasteiger partial charge in [0.05, 0.1) is 10.7 Å². The van der Waals surface area contributed by atoms with Gasteiger partial charge in [0.15, 0.2) is 0 Å². The van der Waals surface area contributed by atoms with Gasteiger partial charge in [-0.25, -0.2) is 9.97 Å². The monoisotopic (exact) mass is 308 g/mol. The lowest BCUT2D eigenvalue weighted by Gasteiger charge is -2.11. The fourth-order valence-corrected chi connectivity index (χ4v) is 2.38. The average Bonchev–Trinajstić information content (AvgIpc) is 3.19. The van der Waals surface area contributed by atoms with Gasteiger partial charge in [-0.3, -0.25) is 0 Å². The van der Waals surface area contributed by atoms with E-state index in [9.17, 15) is 0 Å². The van der Waals surface area contributed by atoms with Crippen molar-refractivity contribution in [2.45, 2.75) is 25.7 Å². The molecule has 4 nitrogen and oxygen atoms in total. The van der Waals surface area contributed by atoms with Gasteiger partial charge in [0.25, 0.3) is 0 Å². The first-order valence-corrected chi connectivity index (χ1v) is 7.15. The summed E-state index contributed by atoms with van der Waals surface area (Å²) in [5, 5.41) is 4.41. The lowest BCUT2D eigenvalue weighted by molar-refractivity contribution is 0.936.